The van der Waals surface area contributed by atoms with Crippen molar-refractivity contribution >= 4 is 23.6 Å². The molecule has 0 aliphatic heterocycles. The zero-order chi connectivity index (χ0) is 24.3. The molecule has 0 radical (unpaired) electrons. The van der Waals surface area contributed by atoms with Gasteiger partial charge in [0.2, 0.25) is 11.7 Å². The van der Waals surface area contributed by atoms with Gasteiger partial charge in [-0.05, 0) is 60.9 Å². The molecule has 1 aliphatic rings. The summed E-state index contributed by atoms with van der Waals surface area (Å²) < 4.78 is 16.8. The Hall–Kier alpha value is -3.04. The van der Waals surface area contributed by atoms with E-state index in [1.807, 2.05) is 12.3 Å². The fourth-order valence-electron chi connectivity index (χ4n) is 3.99. The molecule has 2 aromatic carbocycles. The number of nitrogens with two attached hydrogens (primary N) is 1. The Morgan fingerprint density at radius 2 is 1.88 bits per heavy atom. The van der Waals surface area contributed by atoms with Gasteiger partial charge in [-0.25, -0.2) is 4.79 Å². The van der Waals surface area contributed by atoms with E-state index in [-0.39, 0.29) is 28.9 Å². The number of aryl methyl sites for hydroxylation is 1. The Morgan fingerprint density at radius 1 is 1.18 bits per heavy atom. The van der Waals surface area contributed by atoms with Gasteiger partial charge in [0.05, 0.1) is 25.2 Å². The normalized spacial score (nSPS) is 15.4. The van der Waals surface area contributed by atoms with Crippen LogP contribution in [-0.4, -0.2) is 38.4 Å². The number of esters is 1. The van der Waals surface area contributed by atoms with Crippen molar-refractivity contribution in [2.75, 3.05) is 20.5 Å². The van der Waals surface area contributed by atoms with Gasteiger partial charge in [0.15, 0.2) is 16.9 Å². The smallest absolute Gasteiger partial charge is 0.328 e. The number of carbonyl (C=O) groups is 2. The monoisotopic (exact) mass is 472 g/mol. The minimum atomic E-state index is -0.816. The standard InChI is InChI=1S/C24H28N2O6S/c1-12(25)24(29)32-19-10-14-6-8-17(26-13(2)27)16-11-18(28)20(33-5)9-7-15(16)21(14)23(31-4)22(19)30-3/h7,9-12,17H,6,8,25H2,1-5H3,(H,26,27)/t12?,17-/m0/s1. The van der Waals surface area contributed by atoms with Crippen LogP contribution in [0.3, 0.4) is 0 Å². The zero-order valence-electron chi connectivity index (χ0n) is 19.3. The van der Waals surface area contributed by atoms with Crippen LogP contribution in [0.25, 0.3) is 11.1 Å². The van der Waals surface area contributed by atoms with Crippen LogP contribution in [-0.2, 0) is 16.0 Å². The highest BCUT2D eigenvalue weighted by Gasteiger charge is 2.30. The summed E-state index contributed by atoms with van der Waals surface area (Å²) in [5, 5.41) is 2.96. The molecule has 1 unspecified atom stereocenters. The van der Waals surface area contributed by atoms with Crippen LogP contribution in [0.15, 0.2) is 34.0 Å². The lowest BCUT2D eigenvalue weighted by Crippen LogP contribution is -2.31. The summed E-state index contributed by atoms with van der Waals surface area (Å²) in [5.41, 5.74) is 8.52. The highest BCUT2D eigenvalue weighted by atomic mass is 32.2. The molecule has 0 heterocycles. The fraction of sp³-hybridized carbons (Fsp3) is 0.375. The van der Waals surface area contributed by atoms with E-state index in [1.54, 1.807) is 18.2 Å². The Balaban J connectivity index is 2.36. The lowest BCUT2D eigenvalue weighted by molar-refractivity contribution is -0.135. The van der Waals surface area contributed by atoms with Gasteiger partial charge in [-0.3, -0.25) is 9.59 Å². The summed E-state index contributed by atoms with van der Waals surface area (Å²) in [6, 6.07) is 5.73. The van der Waals surface area contributed by atoms with Crippen LogP contribution in [0.4, 0.5) is 0 Å². The van der Waals surface area contributed by atoms with Gasteiger partial charge in [-0.1, -0.05) is 6.07 Å². The second-order valence-corrected chi connectivity index (χ2v) is 8.60. The molecule has 2 aromatic rings. The molecule has 3 N–H and O–H groups in total. The van der Waals surface area contributed by atoms with Crippen LogP contribution in [0.5, 0.6) is 17.2 Å². The largest absolute Gasteiger partial charge is 0.492 e. The SMILES string of the molecule is COc1c(OC(=O)C(C)N)cc2c(c1OC)-c1ccc(SC)c(=O)cc1[C@@H](NC(C)=O)CC2. The first-order chi connectivity index (χ1) is 15.7. The molecule has 0 aromatic heterocycles. The Labute approximate surface area is 196 Å². The molecule has 1 aliphatic carbocycles. The molecule has 33 heavy (non-hydrogen) atoms. The van der Waals surface area contributed by atoms with Crippen LogP contribution in [0, 0.1) is 0 Å². The number of thioether (sulfide) groups is 1. The lowest BCUT2D eigenvalue weighted by atomic mass is 9.95. The highest BCUT2D eigenvalue weighted by molar-refractivity contribution is 7.98. The van der Waals surface area contributed by atoms with Crippen LogP contribution < -0.4 is 30.7 Å². The summed E-state index contributed by atoms with van der Waals surface area (Å²) in [6.07, 6.45) is 2.91. The van der Waals surface area contributed by atoms with Gasteiger partial charge in [0.1, 0.15) is 6.04 Å². The molecule has 0 fully saturated rings. The summed E-state index contributed by atoms with van der Waals surface area (Å²) in [5.74, 6) is 0.0127. The predicted octanol–water partition coefficient (Wildman–Crippen LogP) is 2.83. The van der Waals surface area contributed by atoms with Crippen molar-refractivity contribution in [3.63, 3.8) is 0 Å². The van der Waals surface area contributed by atoms with Crippen molar-refractivity contribution in [1.29, 1.82) is 0 Å². The molecule has 0 spiro atoms. The van der Waals surface area contributed by atoms with E-state index in [0.717, 1.165) is 16.7 Å². The molecular weight excluding hydrogens is 444 g/mol. The maximum Gasteiger partial charge on any atom is 0.328 e. The van der Waals surface area contributed by atoms with E-state index in [2.05, 4.69) is 5.32 Å². The summed E-state index contributed by atoms with van der Waals surface area (Å²) in [4.78, 5) is 37.6. The maximum absolute atomic E-state index is 12.8. The van der Waals surface area contributed by atoms with Crippen molar-refractivity contribution in [2.24, 2.45) is 5.73 Å². The molecule has 9 heteroatoms. The van der Waals surface area contributed by atoms with Crippen LogP contribution >= 0.6 is 11.8 Å². The first kappa shape index (κ1) is 24.6. The molecule has 0 saturated heterocycles. The molecule has 0 bridgehead atoms. The molecular formula is C24H28N2O6S. The molecule has 8 nitrogen and oxygen atoms in total. The summed E-state index contributed by atoms with van der Waals surface area (Å²) in [7, 11) is 2.96. The van der Waals surface area contributed by atoms with E-state index in [0.29, 0.717) is 29.1 Å². The number of fused-ring (bicyclic) bond motifs is 3. The second kappa shape index (κ2) is 10.3. The van der Waals surface area contributed by atoms with E-state index in [1.165, 1.54) is 39.8 Å². The number of rotatable bonds is 6. The van der Waals surface area contributed by atoms with Crippen molar-refractivity contribution in [3.8, 4) is 28.4 Å². The number of nitrogens with one attached hydrogen (secondary N) is 1. The topological polar surface area (TPSA) is 117 Å². The number of amides is 1. The fourth-order valence-corrected chi connectivity index (χ4v) is 4.45. The highest BCUT2D eigenvalue weighted by Crippen LogP contribution is 2.50. The van der Waals surface area contributed by atoms with Gasteiger partial charge in [-0.2, -0.15) is 0 Å². The lowest BCUT2D eigenvalue weighted by Gasteiger charge is -2.20. The molecule has 3 rings (SSSR count). The van der Waals surface area contributed by atoms with E-state index < -0.39 is 12.0 Å². The number of hydrogen-bond donors (Lipinski definition) is 2. The third-order valence-electron chi connectivity index (χ3n) is 5.46. The number of benzene rings is 1. The first-order valence-electron chi connectivity index (χ1n) is 10.5. The predicted molar refractivity (Wildman–Crippen MR) is 127 cm³/mol. The van der Waals surface area contributed by atoms with Gasteiger partial charge in [-0.15, -0.1) is 11.8 Å². The first-order valence-corrected chi connectivity index (χ1v) is 11.7. The molecule has 0 saturated carbocycles. The number of ether oxygens (including phenoxy) is 3. The number of hydrogen-bond acceptors (Lipinski definition) is 8. The minimum Gasteiger partial charge on any atom is -0.492 e. The van der Waals surface area contributed by atoms with Crippen LogP contribution in [0.2, 0.25) is 0 Å². The number of carbonyl (C=O) groups excluding carboxylic acids is 2. The van der Waals surface area contributed by atoms with Gasteiger partial charge in [0.25, 0.3) is 0 Å². The van der Waals surface area contributed by atoms with E-state index >= 15 is 0 Å². The van der Waals surface area contributed by atoms with Gasteiger partial charge < -0.3 is 25.3 Å². The Morgan fingerprint density at radius 3 is 2.45 bits per heavy atom. The zero-order valence-corrected chi connectivity index (χ0v) is 20.1. The maximum atomic E-state index is 12.8. The number of methoxy groups -OCH3 is 2. The summed E-state index contributed by atoms with van der Waals surface area (Å²) >= 11 is 1.35. The van der Waals surface area contributed by atoms with Gasteiger partial charge in [0, 0.05) is 12.5 Å². The van der Waals surface area contributed by atoms with Crippen LogP contribution in [0.1, 0.15) is 37.4 Å². The third kappa shape index (κ3) is 4.99. The Kier molecular flexibility index (Phi) is 7.65. The van der Waals surface area contributed by atoms with Crippen molar-refractivity contribution < 1.29 is 23.8 Å². The van der Waals surface area contributed by atoms with Gasteiger partial charge >= 0.3 is 5.97 Å². The average molecular weight is 473 g/mol. The second-order valence-electron chi connectivity index (χ2n) is 7.76. The van der Waals surface area contributed by atoms with Crippen molar-refractivity contribution in [3.05, 3.63) is 45.6 Å². The van der Waals surface area contributed by atoms with E-state index in [9.17, 15) is 14.4 Å². The average Bonchev–Trinajstić information content (AvgIpc) is 3.01. The molecule has 176 valence electrons. The third-order valence-corrected chi connectivity index (χ3v) is 6.24. The van der Waals surface area contributed by atoms with Crippen molar-refractivity contribution in [1.82, 2.24) is 5.32 Å². The van der Waals surface area contributed by atoms with Crippen molar-refractivity contribution in [2.45, 2.75) is 43.7 Å². The summed E-state index contributed by atoms with van der Waals surface area (Å²) in [6.45, 7) is 2.98. The molecule has 1 amide bonds. The molecule has 2 atom stereocenters. The quantitative estimate of drug-likeness (QED) is 0.374. The minimum absolute atomic E-state index is 0.129. The van der Waals surface area contributed by atoms with E-state index in [4.69, 9.17) is 19.9 Å². The Bertz CT molecular complexity index is 1150.